The molecule has 0 unspecified atom stereocenters. The number of nitrogens with one attached hydrogen (secondary N) is 1. The van der Waals surface area contributed by atoms with Crippen LogP contribution < -0.4 is 5.32 Å². The average Bonchev–Trinajstić information content (AvgIpc) is 2.63. The SMILES string of the molecule is Cc1ccc(CNC2CCC(C)(C)CC2)s1. The molecule has 0 aliphatic heterocycles. The van der Waals surface area contributed by atoms with Gasteiger partial charge in [-0.3, -0.25) is 0 Å². The van der Waals surface area contributed by atoms with Gasteiger partial charge in [-0.05, 0) is 50.2 Å². The van der Waals surface area contributed by atoms with Crippen molar-refractivity contribution in [2.45, 2.75) is 59.0 Å². The molecule has 0 amide bonds. The van der Waals surface area contributed by atoms with Crippen LogP contribution in [0.4, 0.5) is 0 Å². The largest absolute Gasteiger partial charge is 0.309 e. The first kappa shape index (κ1) is 12.1. The van der Waals surface area contributed by atoms with E-state index in [0.717, 1.165) is 12.6 Å². The van der Waals surface area contributed by atoms with E-state index in [1.165, 1.54) is 35.4 Å². The lowest BCUT2D eigenvalue weighted by Gasteiger charge is -2.34. The van der Waals surface area contributed by atoms with E-state index in [2.05, 4.69) is 38.2 Å². The first-order chi connectivity index (χ1) is 7.55. The van der Waals surface area contributed by atoms with Gasteiger partial charge in [0, 0.05) is 22.3 Å². The van der Waals surface area contributed by atoms with Gasteiger partial charge in [0.1, 0.15) is 0 Å². The number of hydrogen-bond donors (Lipinski definition) is 1. The summed E-state index contributed by atoms with van der Waals surface area (Å²) in [7, 11) is 0. The maximum absolute atomic E-state index is 3.70. The molecule has 0 spiro atoms. The van der Waals surface area contributed by atoms with Crippen LogP contribution in [0.3, 0.4) is 0 Å². The smallest absolute Gasteiger partial charge is 0.0302 e. The fourth-order valence-electron chi connectivity index (χ4n) is 2.43. The number of thiophene rings is 1. The van der Waals surface area contributed by atoms with Crippen molar-refractivity contribution < 1.29 is 0 Å². The van der Waals surface area contributed by atoms with E-state index in [9.17, 15) is 0 Å². The minimum atomic E-state index is 0.581. The van der Waals surface area contributed by atoms with Crippen molar-refractivity contribution >= 4 is 11.3 Å². The van der Waals surface area contributed by atoms with Crippen molar-refractivity contribution in [3.05, 3.63) is 21.9 Å². The average molecular weight is 237 g/mol. The molecule has 2 rings (SSSR count). The van der Waals surface area contributed by atoms with Crippen molar-refractivity contribution in [2.24, 2.45) is 5.41 Å². The van der Waals surface area contributed by atoms with Crippen LogP contribution in [0, 0.1) is 12.3 Å². The summed E-state index contributed by atoms with van der Waals surface area (Å²) in [6, 6.07) is 5.21. The van der Waals surface area contributed by atoms with Crippen LogP contribution in [0.25, 0.3) is 0 Å². The fourth-order valence-corrected chi connectivity index (χ4v) is 3.27. The molecule has 1 fully saturated rings. The Morgan fingerprint density at radius 3 is 2.56 bits per heavy atom. The number of hydrogen-bond acceptors (Lipinski definition) is 2. The molecule has 1 aromatic rings. The van der Waals surface area contributed by atoms with Crippen LogP contribution in [-0.4, -0.2) is 6.04 Å². The van der Waals surface area contributed by atoms with Gasteiger partial charge in [0.05, 0.1) is 0 Å². The Bertz CT molecular complexity index is 330. The standard InChI is InChI=1S/C14H23NS/c1-11-4-5-13(16-11)10-15-12-6-8-14(2,3)9-7-12/h4-5,12,15H,6-10H2,1-3H3. The van der Waals surface area contributed by atoms with Crippen LogP contribution in [0.5, 0.6) is 0 Å². The molecule has 0 saturated heterocycles. The molecule has 0 bridgehead atoms. The van der Waals surface area contributed by atoms with Crippen LogP contribution in [0.1, 0.15) is 49.3 Å². The van der Waals surface area contributed by atoms with Gasteiger partial charge in [0.25, 0.3) is 0 Å². The third kappa shape index (κ3) is 3.33. The lowest BCUT2D eigenvalue weighted by Crippen LogP contribution is -2.34. The molecule has 1 aliphatic carbocycles. The summed E-state index contributed by atoms with van der Waals surface area (Å²) >= 11 is 1.91. The molecular weight excluding hydrogens is 214 g/mol. The highest BCUT2D eigenvalue weighted by molar-refractivity contribution is 7.11. The first-order valence-corrected chi connectivity index (χ1v) is 7.15. The lowest BCUT2D eigenvalue weighted by molar-refractivity contribution is 0.206. The van der Waals surface area contributed by atoms with Crippen molar-refractivity contribution in [1.82, 2.24) is 5.32 Å². The monoisotopic (exact) mass is 237 g/mol. The van der Waals surface area contributed by atoms with Gasteiger partial charge >= 0.3 is 0 Å². The maximum atomic E-state index is 3.70. The molecule has 16 heavy (non-hydrogen) atoms. The van der Waals surface area contributed by atoms with Crippen molar-refractivity contribution in [1.29, 1.82) is 0 Å². The van der Waals surface area contributed by atoms with Gasteiger partial charge in [-0.2, -0.15) is 0 Å². The van der Waals surface area contributed by atoms with Gasteiger partial charge in [-0.25, -0.2) is 0 Å². The third-order valence-electron chi connectivity index (χ3n) is 3.70. The van der Waals surface area contributed by atoms with E-state index in [4.69, 9.17) is 0 Å². The Kier molecular flexibility index (Phi) is 3.70. The zero-order valence-electron chi connectivity index (χ0n) is 10.7. The predicted octanol–water partition coefficient (Wildman–Crippen LogP) is 4.11. The lowest BCUT2D eigenvalue weighted by atomic mass is 9.75. The highest BCUT2D eigenvalue weighted by atomic mass is 32.1. The summed E-state index contributed by atoms with van der Waals surface area (Å²) < 4.78 is 0. The molecule has 1 aromatic heterocycles. The van der Waals surface area contributed by atoms with Gasteiger partial charge < -0.3 is 5.32 Å². The first-order valence-electron chi connectivity index (χ1n) is 6.34. The molecule has 1 aliphatic rings. The van der Waals surface area contributed by atoms with Gasteiger partial charge in [-0.1, -0.05) is 13.8 Å². The Hall–Kier alpha value is -0.340. The summed E-state index contributed by atoms with van der Waals surface area (Å²) in [6.45, 7) is 8.03. The number of rotatable bonds is 3. The molecule has 0 atom stereocenters. The Morgan fingerprint density at radius 2 is 2.00 bits per heavy atom. The second-order valence-electron chi connectivity index (χ2n) is 5.83. The highest BCUT2D eigenvalue weighted by Gasteiger charge is 2.26. The van der Waals surface area contributed by atoms with Gasteiger partial charge in [-0.15, -0.1) is 11.3 Å². The molecular formula is C14H23NS. The Balaban J connectivity index is 1.75. The van der Waals surface area contributed by atoms with Crippen LogP contribution in [0.2, 0.25) is 0 Å². The van der Waals surface area contributed by atoms with E-state index < -0.39 is 0 Å². The Morgan fingerprint density at radius 1 is 1.31 bits per heavy atom. The molecule has 1 heterocycles. The second kappa shape index (κ2) is 4.89. The van der Waals surface area contributed by atoms with Crippen LogP contribution in [0.15, 0.2) is 12.1 Å². The summed E-state index contributed by atoms with van der Waals surface area (Å²) in [5.74, 6) is 0. The second-order valence-corrected chi connectivity index (χ2v) is 7.20. The van der Waals surface area contributed by atoms with Crippen molar-refractivity contribution in [3.8, 4) is 0 Å². The molecule has 90 valence electrons. The minimum Gasteiger partial charge on any atom is -0.309 e. The normalized spacial score (nSPS) is 21.2. The zero-order valence-corrected chi connectivity index (χ0v) is 11.5. The molecule has 1 saturated carbocycles. The molecule has 1 nitrogen and oxygen atoms in total. The molecule has 0 radical (unpaired) electrons. The quantitative estimate of drug-likeness (QED) is 0.834. The summed E-state index contributed by atoms with van der Waals surface area (Å²) in [5, 5.41) is 3.70. The molecule has 1 N–H and O–H groups in total. The summed E-state index contributed by atoms with van der Waals surface area (Å²) in [6.07, 6.45) is 5.43. The fraction of sp³-hybridized carbons (Fsp3) is 0.714. The summed E-state index contributed by atoms with van der Waals surface area (Å²) in [5.41, 5.74) is 0.581. The van der Waals surface area contributed by atoms with E-state index in [-0.39, 0.29) is 0 Å². The topological polar surface area (TPSA) is 12.0 Å². The van der Waals surface area contributed by atoms with E-state index in [1.807, 2.05) is 11.3 Å². The summed E-state index contributed by atoms with van der Waals surface area (Å²) in [4.78, 5) is 2.89. The van der Waals surface area contributed by atoms with Crippen molar-refractivity contribution in [2.75, 3.05) is 0 Å². The van der Waals surface area contributed by atoms with E-state index in [1.54, 1.807) is 0 Å². The molecule has 2 heteroatoms. The zero-order chi connectivity index (χ0) is 11.6. The van der Waals surface area contributed by atoms with Gasteiger partial charge in [0.15, 0.2) is 0 Å². The van der Waals surface area contributed by atoms with E-state index in [0.29, 0.717) is 5.41 Å². The van der Waals surface area contributed by atoms with Crippen LogP contribution >= 0.6 is 11.3 Å². The van der Waals surface area contributed by atoms with Crippen molar-refractivity contribution in [3.63, 3.8) is 0 Å². The minimum absolute atomic E-state index is 0.581. The predicted molar refractivity (Wildman–Crippen MR) is 71.9 cm³/mol. The maximum Gasteiger partial charge on any atom is 0.0302 e. The van der Waals surface area contributed by atoms with E-state index >= 15 is 0 Å². The highest BCUT2D eigenvalue weighted by Crippen LogP contribution is 2.35. The van der Waals surface area contributed by atoms with Crippen LogP contribution in [-0.2, 0) is 6.54 Å². The van der Waals surface area contributed by atoms with Gasteiger partial charge in [0.2, 0.25) is 0 Å². The number of aryl methyl sites for hydroxylation is 1. The Labute approximate surface area is 103 Å². The molecule has 0 aromatic carbocycles. The third-order valence-corrected chi connectivity index (χ3v) is 4.70.